The van der Waals surface area contributed by atoms with Crippen LogP contribution in [0.4, 0.5) is 0 Å². The fraction of sp³-hybridized carbons (Fsp3) is 0.360. The minimum atomic E-state index is -5.35. The Morgan fingerprint density at radius 1 is 0.925 bits per heavy atom. The second kappa shape index (κ2) is 16.8. The Morgan fingerprint density at radius 3 is 1.75 bits per heavy atom. The average molecular weight is 606 g/mol. The van der Waals surface area contributed by atoms with Gasteiger partial charge in [0.15, 0.2) is 0 Å². The molecule has 1 aromatic carbocycles. The zero-order valence-electron chi connectivity index (χ0n) is 23.0. The van der Waals surface area contributed by atoms with E-state index in [-0.39, 0.29) is 23.2 Å². The van der Waals surface area contributed by atoms with E-state index in [1.165, 1.54) is 19.9 Å². The number of esters is 2. The second-order valence-corrected chi connectivity index (χ2v) is 13.2. The van der Waals surface area contributed by atoms with E-state index in [0.717, 1.165) is 11.6 Å². The zero-order chi connectivity index (χ0) is 31.9. The maximum atomic E-state index is 11.0. The van der Waals surface area contributed by atoms with Gasteiger partial charge in [0.2, 0.25) is 5.91 Å². The Balaban J connectivity index is 0. The number of benzene rings is 1. The van der Waals surface area contributed by atoms with Crippen molar-refractivity contribution in [3.63, 3.8) is 0 Å². The van der Waals surface area contributed by atoms with Crippen LogP contribution in [0.2, 0.25) is 0 Å². The van der Waals surface area contributed by atoms with Gasteiger partial charge in [-0.15, -0.1) is 0 Å². The molecule has 0 aliphatic heterocycles. The summed E-state index contributed by atoms with van der Waals surface area (Å²) in [5, 5.41) is -0.539. The van der Waals surface area contributed by atoms with Gasteiger partial charge < -0.3 is 34.4 Å². The van der Waals surface area contributed by atoms with E-state index >= 15 is 0 Å². The fourth-order valence-corrected chi connectivity index (χ4v) is 4.15. The van der Waals surface area contributed by atoms with Crippen LogP contribution in [0.1, 0.15) is 46.6 Å². The molecule has 0 heterocycles. The van der Waals surface area contributed by atoms with Crippen LogP contribution < -0.4 is 5.32 Å². The normalized spacial score (nSPS) is 11.2. The average Bonchev–Trinajstić information content (AvgIpc) is 2.81. The number of hydrogen-bond donors (Lipinski definition) is 5. The molecule has 0 saturated carbocycles. The van der Waals surface area contributed by atoms with E-state index in [0.29, 0.717) is 20.0 Å². The highest BCUT2D eigenvalue weighted by Gasteiger charge is 2.60. The van der Waals surface area contributed by atoms with Gasteiger partial charge >= 0.3 is 32.2 Å². The molecule has 0 aliphatic rings. The van der Waals surface area contributed by atoms with Crippen molar-refractivity contribution in [2.24, 2.45) is 0 Å². The molecule has 0 radical (unpaired) electrons. The maximum Gasteiger partial charge on any atom is 0.381 e. The number of rotatable bonds is 11. The molecule has 0 unspecified atom stereocenters. The first-order valence-electron chi connectivity index (χ1n) is 11.3. The fourth-order valence-electron chi connectivity index (χ4n) is 2.39. The van der Waals surface area contributed by atoms with E-state index in [4.69, 9.17) is 24.3 Å². The van der Waals surface area contributed by atoms with Crippen molar-refractivity contribution >= 4 is 38.8 Å². The van der Waals surface area contributed by atoms with Crippen molar-refractivity contribution in [3.8, 4) is 0 Å². The number of carbonyl (C=O) groups excluding carboxylic acids is 4. The molecule has 0 aromatic heterocycles. The van der Waals surface area contributed by atoms with Gasteiger partial charge in [0.25, 0.3) is 0 Å². The van der Waals surface area contributed by atoms with Crippen LogP contribution in [0.5, 0.6) is 0 Å². The van der Waals surface area contributed by atoms with Crippen molar-refractivity contribution in [1.29, 1.82) is 0 Å². The molecule has 5 N–H and O–H groups in total. The third-order valence-corrected chi connectivity index (χ3v) is 8.35. The zero-order valence-corrected chi connectivity index (χ0v) is 24.8. The third-order valence-electron chi connectivity index (χ3n) is 4.44. The summed E-state index contributed by atoms with van der Waals surface area (Å²) < 4.78 is 30.9. The standard InChI is InChI=1S/C10H10O2.C9H15NO2.C6H12O8P2/c1-2-10(11)12-8-9-6-4-3-5-7-9;1-5-8(12)10-9(3,4)6-7(2)11;1-4(2)5(7)14-6(3,15(8,9)10)16(11,12)13/h2-7H,1,8H2;5H,1,6H2,2-4H3,(H,10,12);1H2,2-3H3,(H2,8,9,10)(H2,11,12,13). The summed E-state index contributed by atoms with van der Waals surface area (Å²) in [7, 11) is -10.7. The molecule has 224 valence electrons. The monoisotopic (exact) mass is 605 g/mol. The smallest absolute Gasteiger partial charge is 0.381 e. The minimum absolute atomic E-state index is 0.0596. The first kappa shape index (κ1) is 39.0. The van der Waals surface area contributed by atoms with Crippen molar-refractivity contribution in [2.45, 2.75) is 58.3 Å². The lowest BCUT2D eigenvalue weighted by Gasteiger charge is -2.30. The highest BCUT2D eigenvalue weighted by atomic mass is 31.2. The van der Waals surface area contributed by atoms with Gasteiger partial charge in [-0.25, -0.2) is 9.59 Å². The summed E-state index contributed by atoms with van der Waals surface area (Å²) in [5.41, 5.74) is 0.262. The van der Waals surface area contributed by atoms with Gasteiger partial charge in [-0.05, 0) is 46.3 Å². The molecule has 0 spiro atoms. The van der Waals surface area contributed by atoms with E-state index in [2.05, 4.69) is 29.8 Å². The molecule has 1 amide bonds. The number of Topliss-reactive ketones (excluding diaryl/α,β-unsaturated/α-hetero) is 1. The number of nitrogens with one attached hydrogen (secondary N) is 1. The third kappa shape index (κ3) is 15.4. The van der Waals surface area contributed by atoms with Crippen LogP contribution in [0.25, 0.3) is 0 Å². The van der Waals surface area contributed by atoms with Crippen molar-refractivity contribution in [3.05, 3.63) is 73.4 Å². The Labute approximate surface area is 233 Å². The first-order valence-corrected chi connectivity index (χ1v) is 14.5. The second-order valence-electron chi connectivity index (χ2n) is 8.95. The summed E-state index contributed by atoms with van der Waals surface area (Å²) in [5.74, 6) is -1.88. The van der Waals surface area contributed by atoms with Crippen molar-refractivity contribution < 1.29 is 57.4 Å². The lowest BCUT2D eigenvalue weighted by Crippen LogP contribution is -2.43. The highest BCUT2D eigenvalue weighted by Crippen LogP contribution is 2.69. The summed E-state index contributed by atoms with van der Waals surface area (Å²) in [6.07, 6.45) is 2.69. The highest BCUT2D eigenvalue weighted by molar-refractivity contribution is 7.72. The molecular weight excluding hydrogens is 568 g/mol. The predicted molar refractivity (Wildman–Crippen MR) is 148 cm³/mol. The Morgan fingerprint density at radius 2 is 1.40 bits per heavy atom. The molecule has 15 heteroatoms. The molecule has 40 heavy (non-hydrogen) atoms. The Bertz CT molecular complexity index is 1140. The van der Waals surface area contributed by atoms with Gasteiger partial charge in [0.05, 0.1) is 0 Å². The first-order chi connectivity index (χ1) is 18.0. The Kier molecular flexibility index (Phi) is 16.4. The molecule has 1 aromatic rings. The topological polar surface area (TPSA) is 214 Å². The van der Waals surface area contributed by atoms with Crippen LogP contribution in [0.15, 0.2) is 67.8 Å². The van der Waals surface area contributed by atoms with Crippen LogP contribution >= 0.6 is 15.2 Å². The van der Waals surface area contributed by atoms with E-state index < -0.39 is 31.8 Å². The maximum absolute atomic E-state index is 11.0. The number of amides is 1. The predicted octanol–water partition coefficient (Wildman–Crippen LogP) is 3.10. The largest absolute Gasteiger partial charge is 0.458 e. The van der Waals surface area contributed by atoms with Gasteiger partial charge in [-0.2, -0.15) is 0 Å². The quantitative estimate of drug-likeness (QED) is 0.140. The van der Waals surface area contributed by atoms with Crippen molar-refractivity contribution in [2.75, 3.05) is 0 Å². The number of carbonyl (C=O) groups is 4. The number of hydrogen-bond acceptors (Lipinski definition) is 8. The van der Waals surface area contributed by atoms with E-state index in [1.54, 1.807) is 13.8 Å². The lowest BCUT2D eigenvalue weighted by atomic mass is 9.98. The molecule has 0 fully saturated rings. The molecular formula is C25H37NO12P2. The van der Waals surface area contributed by atoms with Crippen molar-refractivity contribution in [1.82, 2.24) is 5.32 Å². The van der Waals surface area contributed by atoms with Gasteiger partial charge in [0, 0.05) is 23.6 Å². The number of ether oxygens (including phenoxy) is 2. The summed E-state index contributed by atoms with van der Waals surface area (Å²) in [6.45, 7) is 16.8. The Hall–Kier alpha value is -3.18. The van der Waals surface area contributed by atoms with Crippen LogP contribution in [0.3, 0.4) is 0 Å². The molecule has 13 nitrogen and oxygen atoms in total. The van der Waals surface area contributed by atoms with E-state index in [9.17, 15) is 28.3 Å². The summed E-state index contributed by atoms with van der Waals surface area (Å²) >= 11 is 0. The molecule has 0 aliphatic carbocycles. The molecule has 0 saturated heterocycles. The van der Waals surface area contributed by atoms with Crippen LogP contribution in [0, 0.1) is 0 Å². The molecule has 0 atom stereocenters. The van der Waals surface area contributed by atoms with Gasteiger partial charge in [0.1, 0.15) is 12.4 Å². The molecule has 1 rings (SSSR count). The van der Waals surface area contributed by atoms with Crippen LogP contribution in [-0.2, 0) is 44.4 Å². The van der Waals surface area contributed by atoms with Gasteiger partial charge in [-0.1, -0.05) is 50.1 Å². The lowest BCUT2D eigenvalue weighted by molar-refractivity contribution is -0.144. The molecule has 0 bridgehead atoms. The van der Waals surface area contributed by atoms with Gasteiger partial charge in [-0.3, -0.25) is 18.7 Å². The van der Waals surface area contributed by atoms with E-state index in [1.807, 2.05) is 30.3 Å². The SMILES string of the molecule is C=C(C)C(=O)OC(C)(P(=O)(O)O)P(=O)(O)O.C=CC(=O)NC(C)(C)CC(C)=O.C=CC(=O)OCc1ccccc1. The van der Waals surface area contributed by atoms with Crippen LogP contribution in [-0.4, -0.2) is 53.8 Å². The summed E-state index contributed by atoms with van der Waals surface area (Å²) in [6, 6.07) is 9.51. The summed E-state index contributed by atoms with van der Waals surface area (Å²) in [4.78, 5) is 78.6. The minimum Gasteiger partial charge on any atom is -0.458 e. The number of ketones is 1.